The van der Waals surface area contributed by atoms with Gasteiger partial charge in [0.1, 0.15) is 0 Å². The molecule has 2 aliphatic rings. The van der Waals surface area contributed by atoms with Gasteiger partial charge in [-0.05, 0) is 27.4 Å². The van der Waals surface area contributed by atoms with Crippen molar-refractivity contribution in [1.29, 1.82) is 0 Å². The quantitative estimate of drug-likeness (QED) is 0.691. The van der Waals surface area contributed by atoms with Crippen LogP contribution in [0.15, 0.2) is 0 Å². The number of rotatable bonds is 5. The summed E-state index contributed by atoms with van der Waals surface area (Å²) in [4.78, 5) is 16.5. The number of amides is 1. The summed E-state index contributed by atoms with van der Waals surface area (Å²) in [6.07, 6.45) is 0.624. The van der Waals surface area contributed by atoms with E-state index in [0.717, 1.165) is 19.6 Å². The van der Waals surface area contributed by atoms with Gasteiger partial charge in [0.25, 0.3) is 0 Å². The van der Waals surface area contributed by atoms with E-state index < -0.39 is 9.84 Å². The van der Waals surface area contributed by atoms with Crippen molar-refractivity contribution in [3.63, 3.8) is 0 Å². The Bertz CT molecular complexity index is 494. The Labute approximate surface area is 132 Å². The van der Waals surface area contributed by atoms with E-state index in [1.165, 1.54) is 0 Å². The summed E-state index contributed by atoms with van der Waals surface area (Å²) in [6.45, 7) is 4.76. The molecule has 3 atom stereocenters. The van der Waals surface area contributed by atoms with Gasteiger partial charge >= 0.3 is 0 Å². The van der Waals surface area contributed by atoms with Crippen LogP contribution in [-0.2, 0) is 19.4 Å². The normalized spacial score (nSPS) is 30.4. The molecule has 22 heavy (non-hydrogen) atoms. The molecule has 1 amide bonds. The van der Waals surface area contributed by atoms with Crippen LogP contribution in [0.4, 0.5) is 0 Å². The van der Waals surface area contributed by atoms with Crippen LogP contribution in [0.3, 0.4) is 0 Å². The Kier molecular flexibility index (Phi) is 5.81. The van der Waals surface area contributed by atoms with Gasteiger partial charge in [-0.1, -0.05) is 0 Å². The SMILES string of the molecule is C[C@H](C(=O)N[C@@H]1CCS(=O)(=O)C1)N1CCO[C@H](CN(C)C)C1. The molecule has 0 aromatic carbocycles. The third-order valence-corrected chi connectivity index (χ3v) is 6.01. The van der Waals surface area contributed by atoms with Gasteiger partial charge in [0.15, 0.2) is 9.84 Å². The molecular weight excluding hydrogens is 306 g/mol. The molecule has 1 N–H and O–H groups in total. The molecule has 2 saturated heterocycles. The highest BCUT2D eigenvalue weighted by atomic mass is 32.2. The van der Waals surface area contributed by atoms with Gasteiger partial charge in [-0.2, -0.15) is 0 Å². The molecule has 0 aliphatic carbocycles. The number of nitrogens with zero attached hydrogens (tertiary/aromatic N) is 2. The third kappa shape index (κ3) is 4.91. The van der Waals surface area contributed by atoms with E-state index in [1.54, 1.807) is 0 Å². The van der Waals surface area contributed by atoms with Gasteiger partial charge in [-0.25, -0.2) is 8.42 Å². The Morgan fingerprint density at radius 1 is 1.45 bits per heavy atom. The molecule has 0 saturated carbocycles. The van der Waals surface area contributed by atoms with Crippen LogP contribution in [0.25, 0.3) is 0 Å². The maximum atomic E-state index is 12.3. The smallest absolute Gasteiger partial charge is 0.237 e. The van der Waals surface area contributed by atoms with Crippen LogP contribution in [0.5, 0.6) is 0 Å². The van der Waals surface area contributed by atoms with Crippen molar-refractivity contribution in [2.75, 3.05) is 51.8 Å². The Hall–Kier alpha value is -0.700. The number of carbonyl (C=O) groups is 1. The van der Waals surface area contributed by atoms with E-state index in [4.69, 9.17) is 4.74 Å². The summed E-state index contributed by atoms with van der Waals surface area (Å²) in [5, 5.41) is 2.88. The van der Waals surface area contributed by atoms with Crippen molar-refractivity contribution < 1.29 is 17.9 Å². The third-order valence-electron chi connectivity index (χ3n) is 4.24. The zero-order chi connectivity index (χ0) is 16.3. The molecule has 0 spiro atoms. The van der Waals surface area contributed by atoms with Crippen molar-refractivity contribution in [1.82, 2.24) is 15.1 Å². The van der Waals surface area contributed by atoms with Crippen molar-refractivity contribution in [3.05, 3.63) is 0 Å². The zero-order valence-electron chi connectivity index (χ0n) is 13.6. The first-order valence-electron chi connectivity index (χ1n) is 7.78. The van der Waals surface area contributed by atoms with Crippen molar-refractivity contribution in [2.24, 2.45) is 0 Å². The Balaban J connectivity index is 1.84. The van der Waals surface area contributed by atoms with Crippen LogP contribution in [0.2, 0.25) is 0 Å². The predicted octanol–water partition coefficient (Wildman–Crippen LogP) is -1.06. The van der Waals surface area contributed by atoms with Crippen LogP contribution in [0.1, 0.15) is 13.3 Å². The molecule has 0 aromatic rings. The van der Waals surface area contributed by atoms with Crippen LogP contribution < -0.4 is 5.32 Å². The molecule has 0 unspecified atom stereocenters. The first kappa shape index (κ1) is 17.7. The monoisotopic (exact) mass is 333 g/mol. The van der Waals surface area contributed by atoms with Crippen molar-refractivity contribution >= 4 is 15.7 Å². The average molecular weight is 333 g/mol. The summed E-state index contributed by atoms with van der Waals surface area (Å²) < 4.78 is 28.6. The van der Waals surface area contributed by atoms with Gasteiger partial charge in [-0.15, -0.1) is 0 Å². The highest BCUT2D eigenvalue weighted by molar-refractivity contribution is 7.91. The molecule has 2 heterocycles. The lowest BCUT2D eigenvalue weighted by atomic mass is 10.1. The molecule has 2 aliphatic heterocycles. The van der Waals surface area contributed by atoms with Crippen LogP contribution in [0, 0.1) is 0 Å². The topological polar surface area (TPSA) is 79.0 Å². The molecule has 0 aromatic heterocycles. The number of ether oxygens (including phenoxy) is 1. The number of carbonyl (C=O) groups excluding carboxylic acids is 1. The minimum Gasteiger partial charge on any atom is -0.374 e. The second-order valence-electron chi connectivity index (χ2n) is 6.53. The van der Waals surface area contributed by atoms with E-state index in [9.17, 15) is 13.2 Å². The van der Waals surface area contributed by atoms with Gasteiger partial charge in [0.05, 0.1) is 30.3 Å². The number of sulfone groups is 1. The second-order valence-corrected chi connectivity index (χ2v) is 8.76. The molecule has 2 rings (SSSR count). The van der Waals surface area contributed by atoms with Crippen molar-refractivity contribution in [3.8, 4) is 0 Å². The van der Waals surface area contributed by atoms with Gasteiger partial charge in [-0.3, -0.25) is 9.69 Å². The lowest BCUT2D eigenvalue weighted by Gasteiger charge is -2.37. The largest absolute Gasteiger partial charge is 0.374 e. The molecule has 7 nitrogen and oxygen atoms in total. The number of likely N-dealkylation sites (N-methyl/N-ethyl adjacent to an activating group) is 1. The summed E-state index contributed by atoms with van der Waals surface area (Å²) >= 11 is 0. The fraction of sp³-hybridized carbons (Fsp3) is 0.929. The molecule has 8 heteroatoms. The van der Waals surface area contributed by atoms with Crippen LogP contribution >= 0.6 is 0 Å². The summed E-state index contributed by atoms with van der Waals surface area (Å²) in [7, 11) is 1.03. The minimum atomic E-state index is -2.97. The lowest BCUT2D eigenvalue weighted by Crippen LogP contribution is -2.55. The van der Waals surface area contributed by atoms with Gasteiger partial charge < -0.3 is 15.0 Å². The van der Waals surface area contributed by atoms with Gasteiger partial charge in [0.2, 0.25) is 5.91 Å². The molecular formula is C14H27N3O4S. The van der Waals surface area contributed by atoms with Crippen LogP contribution in [-0.4, -0.2) is 94.2 Å². The highest BCUT2D eigenvalue weighted by Crippen LogP contribution is 2.13. The minimum absolute atomic E-state index is 0.0673. The van der Waals surface area contributed by atoms with Gasteiger partial charge in [0, 0.05) is 25.7 Å². The zero-order valence-corrected chi connectivity index (χ0v) is 14.4. The van der Waals surface area contributed by atoms with E-state index in [-0.39, 0.29) is 35.6 Å². The predicted molar refractivity (Wildman–Crippen MR) is 84.5 cm³/mol. The lowest BCUT2D eigenvalue weighted by molar-refractivity contribution is -0.130. The first-order chi connectivity index (χ1) is 10.3. The maximum Gasteiger partial charge on any atom is 0.237 e. The fourth-order valence-electron chi connectivity index (χ4n) is 3.01. The molecule has 0 radical (unpaired) electrons. The number of hydrogen-bond donors (Lipinski definition) is 1. The molecule has 0 bridgehead atoms. The average Bonchev–Trinajstić information content (AvgIpc) is 2.76. The highest BCUT2D eigenvalue weighted by Gasteiger charge is 2.32. The maximum absolute atomic E-state index is 12.3. The number of hydrogen-bond acceptors (Lipinski definition) is 6. The van der Waals surface area contributed by atoms with E-state index in [2.05, 4.69) is 15.1 Å². The Morgan fingerprint density at radius 2 is 2.18 bits per heavy atom. The molecule has 2 fully saturated rings. The summed E-state index contributed by atoms with van der Waals surface area (Å²) in [6, 6.07) is -0.504. The second kappa shape index (κ2) is 7.25. The summed E-state index contributed by atoms with van der Waals surface area (Å²) in [5.74, 6) is 0.152. The number of nitrogens with one attached hydrogen (secondary N) is 1. The van der Waals surface area contributed by atoms with Crippen molar-refractivity contribution in [2.45, 2.75) is 31.5 Å². The van der Waals surface area contributed by atoms with E-state index in [0.29, 0.717) is 13.0 Å². The molecule has 128 valence electrons. The van der Waals surface area contributed by atoms with E-state index in [1.807, 2.05) is 21.0 Å². The fourth-order valence-corrected chi connectivity index (χ4v) is 4.68. The Morgan fingerprint density at radius 3 is 2.77 bits per heavy atom. The number of morpholine rings is 1. The first-order valence-corrected chi connectivity index (χ1v) is 9.60. The standard InChI is InChI=1S/C14H27N3O4S/c1-11(14(18)15-12-4-7-22(19,20)10-12)17-5-6-21-13(9-17)8-16(2)3/h11-13H,4-10H2,1-3H3,(H,15,18)/t11-,12-,13-/m1/s1. The summed E-state index contributed by atoms with van der Waals surface area (Å²) in [5.41, 5.74) is 0. The van der Waals surface area contributed by atoms with E-state index >= 15 is 0 Å².